The van der Waals surface area contributed by atoms with Gasteiger partial charge in [-0.1, -0.05) is 31.0 Å². The summed E-state index contributed by atoms with van der Waals surface area (Å²) in [7, 11) is 0. The fourth-order valence-electron chi connectivity index (χ4n) is 4.86. The van der Waals surface area contributed by atoms with Gasteiger partial charge in [-0.05, 0) is 49.1 Å². The van der Waals surface area contributed by atoms with Crippen LogP contribution in [0.2, 0.25) is 0 Å². The summed E-state index contributed by atoms with van der Waals surface area (Å²) in [6, 6.07) is 13.5. The number of nitrogens with one attached hydrogen (secondary N) is 1. The van der Waals surface area contributed by atoms with E-state index in [1.165, 1.54) is 5.56 Å². The Morgan fingerprint density at radius 1 is 1.10 bits per heavy atom. The van der Waals surface area contributed by atoms with E-state index < -0.39 is 0 Å². The van der Waals surface area contributed by atoms with Crippen LogP contribution in [-0.4, -0.2) is 23.3 Å². The van der Waals surface area contributed by atoms with Crippen molar-refractivity contribution in [2.24, 2.45) is 11.8 Å². The first-order valence-electron chi connectivity index (χ1n) is 10.7. The van der Waals surface area contributed by atoms with E-state index >= 15 is 0 Å². The Morgan fingerprint density at radius 3 is 2.77 bits per heavy atom. The monoisotopic (exact) mass is 403 g/mol. The third kappa shape index (κ3) is 3.36. The van der Waals surface area contributed by atoms with Crippen molar-refractivity contribution < 1.29 is 14.0 Å². The molecule has 0 radical (unpaired) electrons. The second-order valence-electron chi connectivity index (χ2n) is 8.27. The summed E-state index contributed by atoms with van der Waals surface area (Å²) >= 11 is 0. The van der Waals surface area contributed by atoms with Gasteiger partial charge in [-0.25, -0.2) is 4.98 Å². The van der Waals surface area contributed by atoms with E-state index in [1.807, 2.05) is 41.3 Å². The molecule has 2 aromatic carbocycles. The van der Waals surface area contributed by atoms with Gasteiger partial charge in [-0.2, -0.15) is 0 Å². The molecule has 3 aromatic rings. The van der Waals surface area contributed by atoms with Gasteiger partial charge < -0.3 is 14.6 Å². The number of nitrogens with zero attached hydrogens (tertiary/aromatic N) is 2. The van der Waals surface area contributed by atoms with Gasteiger partial charge in [-0.3, -0.25) is 9.59 Å². The fourth-order valence-corrected chi connectivity index (χ4v) is 4.86. The van der Waals surface area contributed by atoms with Gasteiger partial charge in [0.05, 0.1) is 5.92 Å². The molecule has 2 aliphatic rings. The lowest BCUT2D eigenvalue weighted by molar-refractivity contribution is -0.132. The summed E-state index contributed by atoms with van der Waals surface area (Å²) in [6.45, 7) is 2.50. The van der Waals surface area contributed by atoms with Gasteiger partial charge in [0.1, 0.15) is 5.52 Å². The highest BCUT2D eigenvalue weighted by Crippen LogP contribution is 2.36. The molecule has 2 heterocycles. The first-order valence-corrected chi connectivity index (χ1v) is 10.7. The molecule has 1 N–H and O–H groups in total. The number of aryl methyl sites for hydroxylation is 1. The quantitative estimate of drug-likeness (QED) is 0.700. The first-order chi connectivity index (χ1) is 14.6. The van der Waals surface area contributed by atoms with Crippen molar-refractivity contribution in [3.63, 3.8) is 0 Å². The SMILES string of the molecule is Cc1nc2cc(NC(=O)[C@@H]3CCCC[C@H]3C(=O)N3CCc4ccccc43)ccc2o1. The molecule has 5 rings (SSSR count). The third-order valence-electron chi connectivity index (χ3n) is 6.34. The highest BCUT2D eigenvalue weighted by molar-refractivity contribution is 6.02. The summed E-state index contributed by atoms with van der Waals surface area (Å²) in [5, 5.41) is 3.02. The number of rotatable bonds is 3. The van der Waals surface area contributed by atoms with E-state index in [2.05, 4.69) is 16.4 Å². The zero-order valence-electron chi connectivity index (χ0n) is 17.1. The number of carbonyl (C=O) groups is 2. The maximum Gasteiger partial charge on any atom is 0.230 e. The van der Waals surface area contributed by atoms with Crippen LogP contribution >= 0.6 is 0 Å². The Balaban J connectivity index is 1.35. The van der Waals surface area contributed by atoms with Crippen molar-refractivity contribution in [1.29, 1.82) is 0 Å². The molecule has 1 fully saturated rings. The van der Waals surface area contributed by atoms with Crippen LogP contribution in [0.25, 0.3) is 11.1 Å². The minimum Gasteiger partial charge on any atom is -0.441 e. The first kappa shape index (κ1) is 18.9. The molecule has 30 heavy (non-hydrogen) atoms. The van der Waals surface area contributed by atoms with Crippen molar-refractivity contribution in [2.45, 2.75) is 39.0 Å². The molecule has 1 aromatic heterocycles. The molecule has 2 amide bonds. The number of amides is 2. The molecule has 2 atom stereocenters. The van der Waals surface area contributed by atoms with Crippen molar-refractivity contribution >= 4 is 34.3 Å². The number of hydrogen-bond donors (Lipinski definition) is 1. The predicted octanol–water partition coefficient (Wildman–Crippen LogP) is 4.47. The number of carbonyl (C=O) groups excluding carboxylic acids is 2. The molecular weight excluding hydrogens is 378 g/mol. The summed E-state index contributed by atoms with van der Waals surface area (Å²) in [5.41, 5.74) is 4.31. The minimum absolute atomic E-state index is 0.0832. The van der Waals surface area contributed by atoms with Gasteiger partial charge in [0.2, 0.25) is 11.8 Å². The van der Waals surface area contributed by atoms with E-state index in [-0.39, 0.29) is 23.7 Å². The number of benzene rings is 2. The summed E-state index contributed by atoms with van der Waals surface area (Å²) in [4.78, 5) is 32.8. The smallest absolute Gasteiger partial charge is 0.230 e. The third-order valence-corrected chi connectivity index (χ3v) is 6.34. The Kier molecular flexibility index (Phi) is 4.77. The van der Waals surface area contributed by atoms with Crippen molar-refractivity contribution in [3.05, 3.63) is 53.9 Å². The van der Waals surface area contributed by atoms with E-state index in [0.29, 0.717) is 23.7 Å². The summed E-state index contributed by atoms with van der Waals surface area (Å²) < 4.78 is 5.50. The largest absolute Gasteiger partial charge is 0.441 e. The average Bonchev–Trinajstić information content (AvgIpc) is 3.35. The van der Waals surface area contributed by atoms with Crippen LogP contribution in [0.4, 0.5) is 11.4 Å². The second kappa shape index (κ2) is 7.59. The molecule has 0 saturated heterocycles. The lowest BCUT2D eigenvalue weighted by Crippen LogP contribution is -2.43. The number of aromatic nitrogens is 1. The number of oxazole rings is 1. The number of anilines is 2. The van der Waals surface area contributed by atoms with Gasteiger partial charge in [0.15, 0.2) is 11.5 Å². The minimum atomic E-state index is -0.311. The van der Waals surface area contributed by atoms with Crippen LogP contribution in [-0.2, 0) is 16.0 Å². The van der Waals surface area contributed by atoms with Crippen LogP contribution in [0.3, 0.4) is 0 Å². The normalized spacial score (nSPS) is 20.9. The standard InChI is InChI=1S/C24H25N3O3/c1-15-25-20-14-17(10-11-22(20)30-15)26-23(28)18-7-3-4-8-19(18)24(29)27-13-12-16-6-2-5-9-21(16)27/h2,5-6,9-11,14,18-19H,3-4,7-8,12-13H2,1H3,(H,26,28)/t18-,19-/m1/s1. The highest BCUT2D eigenvalue weighted by Gasteiger charge is 2.39. The number of fused-ring (bicyclic) bond motifs is 2. The molecule has 0 unspecified atom stereocenters. The Bertz CT molecular complexity index is 1120. The van der Waals surface area contributed by atoms with Crippen LogP contribution in [0, 0.1) is 18.8 Å². The van der Waals surface area contributed by atoms with E-state index in [9.17, 15) is 9.59 Å². The Labute approximate surface area is 175 Å². The zero-order valence-corrected chi connectivity index (χ0v) is 17.1. The lowest BCUT2D eigenvalue weighted by atomic mass is 9.77. The van der Waals surface area contributed by atoms with Crippen molar-refractivity contribution in [2.75, 3.05) is 16.8 Å². The topological polar surface area (TPSA) is 75.4 Å². The second-order valence-corrected chi connectivity index (χ2v) is 8.27. The molecule has 0 spiro atoms. The van der Waals surface area contributed by atoms with Gasteiger partial charge in [0.25, 0.3) is 0 Å². The molecule has 1 aliphatic carbocycles. The Morgan fingerprint density at radius 2 is 1.90 bits per heavy atom. The maximum atomic E-state index is 13.4. The van der Waals surface area contributed by atoms with Crippen LogP contribution in [0.5, 0.6) is 0 Å². The molecule has 1 saturated carbocycles. The molecule has 0 bridgehead atoms. The fraction of sp³-hybridized carbons (Fsp3) is 0.375. The van der Waals surface area contributed by atoms with Crippen molar-refractivity contribution in [1.82, 2.24) is 4.98 Å². The van der Waals surface area contributed by atoms with Gasteiger partial charge in [-0.15, -0.1) is 0 Å². The highest BCUT2D eigenvalue weighted by atomic mass is 16.3. The molecular formula is C24H25N3O3. The summed E-state index contributed by atoms with van der Waals surface area (Å²) in [5.74, 6) is 0.0106. The van der Waals surface area contributed by atoms with Gasteiger partial charge in [0, 0.05) is 30.8 Å². The molecule has 154 valence electrons. The number of para-hydroxylation sites is 1. The van der Waals surface area contributed by atoms with Crippen LogP contribution in [0.15, 0.2) is 46.9 Å². The van der Waals surface area contributed by atoms with E-state index in [0.717, 1.165) is 43.3 Å². The van der Waals surface area contributed by atoms with Crippen molar-refractivity contribution in [3.8, 4) is 0 Å². The van der Waals surface area contributed by atoms with E-state index in [4.69, 9.17) is 4.42 Å². The zero-order chi connectivity index (χ0) is 20.7. The number of hydrogen-bond acceptors (Lipinski definition) is 4. The molecule has 6 nitrogen and oxygen atoms in total. The summed E-state index contributed by atoms with van der Waals surface area (Å²) in [6.07, 6.45) is 4.34. The maximum absolute atomic E-state index is 13.4. The van der Waals surface area contributed by atoms with E-state index in [1.54, 1.807) is 6.92 Å². The predicted molar refractivity (Wildman–Crippen MR) is 115 cm³/mol. The van der Waals surface area contributed by atoms with Crippen LogP contribution in [0.1, 0.15) is 37.1 Å². The van der Waals surface area contributed by atoms with Gasteiger partial charge >= 0.3 is 0 Å². The van der Waals surface area contributed by atoms with Crippen LogP contribution < -0.4 is 10.2 Å². The molecule has 6 heteroatoms. The Hall–Kier alpha value is -3.15. The molecule has 1 aliphatic heterocycles. The average molecular weight is 403 g/mol. The lowest BCUT2D eigenvalue weighted by Gasteiger charge is -2.32.